The van der Waals surface area contributed by atoms with Crippen molar-refractivity contribution in [1.29, 1.82) is 0 Å². The number of aliphatic hydroxyl groups is 1. The van der Waals surface area contributed by atoms with Crippen LogP contribution >= 0.6 is 11.3 Å². The van der Waals surface area contributed by atoms with Crippen molar-refractivity contribution in [2.24, 2.45) is 0 Å². The van der Waals surface area contributed by atoms with Crippen molar-refractivity contribution in [3.05, 3.63) is 105 Å². The van der Waals surface area contributed by atoms with Crippen molar-refractivity contribution in [2.75, 3.05) is 4.90 Å². The summed E-state index contributed by atoms with van der Waals surface area (Å²) in [5.74, 6) is -2.08. The summed E-state index contributed by atoms with van der Waals surface area (Å²) < 4.78 is 0.847. The van der Waals surface area contributed by atoms with Crippen LogP contribution in [0.5, 0.6) is 0 Å². The largest absolute Gasteiger partial charge is 0.507 e. The van der Waals surface area contributed by atoms with E-state index in [9.17, 15) is 24.8 Å². The number of aromatic nitrogens is 1. The summed E-state index contributed by atoms with van der Waals surface area (Å²) in [5.41, 5.74) is 3.01. The highest BCUT2D eigenvalue weighted by Gasteiger charge is 2.48. The van der Waals surface area contributed by atoms with Gasteiger partial charge in [-0.25, -0.2) is 4.98 Å². The lowest BCUT2D eigenvalue weighted by molar-refractivity contribution is -0.384. The van der Waals surface area contributed by atoms with Gasteiger partial charge >= 0.3 is 5.91 Å². The summed E-state index contributed by atoms with van der Waals surface area (Å²) >= 11 is 1.25. The van der Waals surface area contributed by atoms with Crippen LogP contribution in [0.25, 0.3) is 16.0 Å². The van der Waals surface area contributed by atoms with Crippen molar-refractivity contribution in [3.63, 3.8) is 0 Å². The van der Waals surface area contributed by atoms with Gasteiger partial charge in [-0.3, -0.25) is 24.6 Å². The third kappa shape index (κ3) is 3.75. The van der Waals surface area contributed by atoms with Gasteiger partial charge in [-0.2, -0.15) is 0 Å². The number of aryl methyl sites for hydroxylation is 2. The van der Waals surface area contributed by atoms with Gasteiger partial charge in [-0.05, 0) is 36.6 Å². The highest BCUT2D eigenvalue weighted by atomic mass is 32.1. The van der Waals surface area contributed by atoms with E-state index in [-0.39, 0.29) is 22.2 Å². The number of nitro groups is 1. The number of Topliss-reactive ketones (excluding diaryl/α,β-unsaturated/α-hetero) is 1. The SMILES string of the molecule is Cc1cc(C)c2nc(N3C(=O)C(=O)/C(=C(/O)c4ccccc4)[C@H]3c3cccc([N+](=O)[O-])c3)sc2c1. The van der Waals surface area contributed by atoms with E-state index < -0.39 is 22.7 Å². The lowest BCUT2D eigenvalue weighted by Gasteiger charge is -2.22. The number of amides is 1. The molecule has 1 aromatic heterocycles. The van der Waals surface area contributed by atoms with Crippen molar-refractivity contribution in [3.8, 4) is 0 Å². The maximum absolute atomic E-state index is 13.3. The van der Waals surface area contributed by atoms with Gasteiger partial charge < -0.3 is 5.11 Å². The van der Waals surface area contributed by atoms with Crippen LogP contribution in [-0.2, 0) is 9.59 Å². The first-order valence-electron chi connectivity index (χ1n) is 10.7. The quantitative estimate of drug-likeness (QED) is 0.135. The second-order valence-corrected chi connectivity index (χ2v) is 9.32. The van der Waals surface area contributed by atoms with Gasteiger partial charge in [0.1, 0.15) is 5.76 Å². The van der Waals surface area contributed by atoms with Crippen LogP contribution in [0.15, 0.2) is 72.3 Å². The Morgan fingerprint density at radius 2 is 1.80 bits per heavy atom. The van der Waals surface area contributed by atoms with Crippen LogP contribution in [-0.4, -0.2) is 26.7 Å². The minimum absolute atomic E-state index is 0.145. The molecule has 1 atom stereocenters. The summed E-state index contributed by atoms with van der Waals surface area (Å²) in [6, 6.07) is 17.0. The molecule has 0 radical (unpaired) electrons. The number of hydrogen-bond acceptors (Lipinski definition) is 7. The molecule has 0 aliphatic carbocycles. The average Bonchev–Trinajstić information content (AvgIpc) is 3.38. The van der Waals surface area contributed by atoms with Gasteiger partial charge in [0.15, 0.2) is 5.13 Å². The number of hydrogen-bond donors (Lipinski definition) is 1. The van der Waals surface area contributed by atoms with Crippen molar-refractivity contribution >= 4 is 49.8 Å². The number of anilines is 1. The maximum Gasteiger partial charge on any atom is 0.301 e. The molecule has 0 bridgehead atoms. The molecular weight excluding hydrogens is 466 g/mol. The Morgan fingerprint density at radius 3 is 2.51 bits per heavy atom. The number of benzene rings is 3. The predicted molar refractivity (Wildman–Crippen MR) is 133 cm³/mol. The number of thiazole rings is 1. The minimum Gasteiger partial charge on any atom is -0.507 e. The summed E-state index contributed by atoms with van der Waals surface area (Å²) in [7, 11) is 0. The van der Waals surface area contributed by atoms with Crippen LogP contribution in [0.2, 0.25) is 0 Å². The molecule has 0 saturated carbocycles. The molecule has 4 aromatic rings. The summed E-state index contributed by atoms with van der Waals surface area (Å²) in [4.78, 5) is 43.4. The maximum atomic E-state index is 13.3. The number of non-ortho nitro benzene ring substituents is 1. The molecule has 1 amide bonds. The van der Waals surface area contributed by atoms with Crippen molar-refractivity contribution in [2.45, 2.75) is 19.9 Å². The Labute approximate surface area is 203 Å². The summed E-state index contributed by atoms with van der Waals surface area (Å²) in [5, 5.41) is 22.9. The van der Waals surface area contributed by atoms with E-state index in [1.807, 2.05) is 26.0 Å². The first-order chi connectivity index (χ1) is 16.8. The normalized spacial score (nSPS) is 17.3. The number of carbonyl (C=O) groups is 2. The van der Waals surface area contributed by atoms with E-state index in [0.717, 1.165) is 15.8 Å². The van der Waals surface area contributed by atoms with E-state index in [0.29, 0.717) is 16.6 Å². The average molecular weight is 486 g/mol. The number of nitro benzene ring substituents is 1. The van der Waals surface area contributed by atoms with Crippen LogP contribution in [0, 0.1) is 24.0 Å². The number of fused-ring (bicyclic) bond motifs is 1. The first kappa shape index (κ1) is 22.4. The van der Waals surface area contributed by atoms with Crippen molar-refractivity contribution in [1.82, 2.24) is 4.98 Å². The van der Waals surface area contributed by atoms with Gasteiger partial charge in [0, 0.05) is 17.7 Å². The van der Waals surface area contributed by atoms with E-state index in [1.165, 1.54) is 34.4 Å². The molecule has 2 heterocycles. The molecule has 1 fully saturated rings. The number of aliphatic hydroxyl groups excluding tert-OH is 1. The molecule has 1 N–H and O–H groups in total. The molecule has 8 nitrogen and oxygen atoms in total. The number of rotatable bonds is 4. The highest BCUT2D eigenvalue weighted by molar-refractivity contribution is 7.22. The third-order valence-corrected chi connectivity index (χ3v) is 6.91. The van der Waals surface area contributed by atoms with E-state index in [2.05, 4.69) is 4.98 Å². The Morgan fingerprint density at radius 1 is 1.06 bits per heavy atom. The number of nitrogens with zero attached hydrogens (tertiary/aromatic N) is 3. The zero-order valence-electron chi connectivity index (χ0n) is 18.8. The topological polar surface area (TPSA) is 114 Å². The van der Waals surface area contributed by atoms with Gasteiger partial charge in [0.05, 0.1) is 26.8 Å². The zero-order valence-corrected chi connectivity index (χ0v) is 19.6. The Bertz CT molecular complexity index is 1560. The molecule has 0 unspecified atom stereocenters. The Hall–Kier alpha value is -4.37. The Balaban J connectivity index is 1.77. The van der Waals surface area contributed by atoms with E-state index in [4.69, 9.17) is 0 Å². The molecule has 3 aromatic carbocycles. The van der Waals surface area contributed by atoms with Crippen LogP contribution < -0.4 is 4.90 Å². The zero-order chi connectivity index (χ0) is 24.9. The monoisotopic (exact) mass is 485 g/mol. The van der Waals surface area contributed by atoms with E-state index in [1.54, 1.807) is 36.4 Å². The molecule has 1 saturated heterocycles. The highest BCUT2D eigenvalue weighted by Crippen LogP contribution is 2.45. The number of carbonyl (C=O) groups excluding carboxylic acids is 2. The lowest BCUT2D eigenvalue weighted by atomic mass is 9.95. The van der Waals surface area contributed by atoms with Gasteiger partial charge in [0.2, 0.25) is 0 Å². The van der Waals surface area contributed by atoms with E-state index >= 15 is 0 Å². The molecule has 35 heavy (non-hydrogen) atoms. The molecule has 174 valence electrons. The molecular formula is C26H19N3O5S. The second kappa shape index (κ2) is 8.44. The molecule has 1 aliphatic rings. The van der Waals surface area contributed by atoms with Gasteiger partial charge in [0.25, 0.3) is 11.5 Å². The second-order valence-electron chi connectivity index (χ2n) is 8.31. The molecule has 9 heteroatoms. The predicted octanol–water partition coefficient (Wildman–Crippen LogP) is 5.45. The summed E-state index contributed by atoms with van der Waals surface area (Å²) in [6.45, 7) is 3.88. The fourth-order valence-electron chi connectivity index (χ4n) is 4.37. The van der Waals surface area contributed by atoms with Crippen LogP contribution in [0.4, 0.5) is 10.8 Å². The first-order valence-corrected chi connectivity index (χ1v) is 11.6. The molecule has 5 rings (SSSR count). The minimum atomic E-state index is -1.09. The van der Waals surface area contributed by atoms with Gasteiger partial charge in [-0.15, -0.1) is 0 Å². The fraction of sp³-hybridized carbons (Fsp3) is 0.115. The van der Waals surface area contributed by atoms with Crippen molar-refractivity contribution < 1.29 is 19.6 Å². The lowest BCUT2D eigenvalue weighted by Crippen LogP contribution is -2.29. The third-order valence-electron chi connectivity index (χ3n) is 5.91. The molecule has 1 aliphatic heterocycles. The smallest absolute Gasteiger partial charge is 0.301 e. The fourth-order valence-corrected chi connectivity index (χ4v) is 5.54. The molecule has 0 spiro atoms. The van der Waals surface area contributed by atoms with Crippen LogP contribution in [0.3, 0.4) is 0 Å². The summed E-state index contributed by atoms with van der Waals surface area (Å²) in [6.07, 6.45) is 0. The van der Waals surface area contributed by atoms with Gasteiger partial charge in [-0.1, -0.05) is 59.9 Å². The number of ketones is 1. The standard InChI is InChI=1S/C26H19N3O5S/c1-14-11-15(2)21-19(12-14)35-26(27-21)28-22(17-9-6-10-18(13-17)29(33)34)20(24(31)25(28)32)23(30)16-7-4-3-5-8-16/h3-13,22,30H,1-2H3/b23-20+/t22-/m1/s1. The van der Waals surface area contributed by atoms with Crippen LogP contribution in [0.1, 0.15) is 28.3 Å². The Kier molecular flexibility index (Phi) is 5.41.